The molecule has 0 atom stereocenters. The summed E-state index contributed by atoms with van der Waals surface area (Å²) in [5, 5.41) is 0.783. The van der Waals surface area contributed by atoms with Gasteiger partial charge in [-0.05, 0) is 31.0 Å². The predicted molar refractivity (Wildman–Crippen MR) is 72.6 cm³/mol. The number of nitrogens with zero attached hydrogens (tertiary/aromatic N) is 3. The molecular weight excluding hydrogens is 296 g/mol. The van der Waals surface area contributed by atoms with Crippen LogP contribution >= 0.6 is 34.8 Å². The SMILES string of the molecule is Clc1nc(Cl)c(CCCN2CCOCC2)c(Cl)n1. The molecule has 2 rings (SSSR count). The maximum absolute atomic E-state index is 6.00. The Labute approximate surface area is 121 Å². The van der Waals surface area contributed by atoms with Gasteiger partial charge in [-0.15, -0.1) is 0 Å². The fourth-order valence-electron chi connectivity index (χ4n) is 1.92. The minimum absolute atomic E-state index is 0.0851. The summed E-state index contributed by atoms with van der Waals surface area (Å²) in [5.74, 6) is 0. The third-order valence-corrected chi connectivity index (χ3v) is 3.68. The summed E-state index contributed by atoms with van der Waals surface area (Å²) in [6, 6.07) is 0. The molecule has 1 aromatic heterocycles. The smallest absolute Gasteiger partial charge is 0.225 e. The summed E-state index contributed by atoms with van der Waals surface area (Å²) in [5.41, 5.74) is 0.774. The average Bonchev–Trinajstić information content (AvgIpc) is 2.34. The Bertz CT molecular complexity index is 388. The molecule has 0 saturated carbocycles. The molecule has 0 radical (unpaired) electrons. The van der Waals surface area contributed by atoms with Crippen molar-refractivity contribution in [2.45, 2.75) is 12.8 Å². The number of ether oxygens (including phenoxy) is 1. The van der Waals surface area contributed by atoms with Gasteiger partial charge in [-0.25, -0.2) is 9.97 Å². The van der Waals surface area contributed by atoms with E-state index in [1.54, 1.807) is 0 Å². The highest BCUT2D eigenvalue weighted by molar-refractivity contribution is 6.36. The monoisotopic (exact) mass is 309 g/mol. The zero-order valence-electron chi connectivity index (χ0n) is 9.83. The lowest BCUT2D eigenvalue weighted by Gasteiger charge is -2.26. The lowest BCUT2D eigenvalue weighted by atomic mass is 10.2. The first-order chi connectivity index (χ1) is 8.66. The van der Waals surface area contributed by atoms with E-state index in [4.69, 9.17) is 39.5 Å². The summed E-state index contributed by atoms with van der Waals surface area (Å²) in [7, 11) is 0. The van der Waals surface area contributed by atoms with Gasteiger partial charge in [-0.3, -0.25) is 4.90 Å². The van der Waals surface area contributed by atoms with Gasteiger partial charge < -0.3 is 4.74 Å². The molecular formula is C11H14Cl3N3O. The highest BCUT2D eigenvalue weighted by Gasteiger charge is 2.13. The Morgan fingerprint density at radius 3 is 2.28 bits per heavy atom. The minimum Gasteiger partial charge on any atom is -0.379 e. The third-order valence-electron chi connectivity index (χ3n) is 2.88. The maximum Gasteiger partial charge on any atom is 0.225 e. The quantitative estimate of drug-likeness (QED) is 0.633. The van der Waals surface area contributed by atoms with Crippen LogP contribution in [0, 0.1) is 0 Å². The number of hydrogen-bond donors (Lipinski definition) is 0. The van der Waals surface area contributed by atoms with E-state index in [1.165, 1.54) is 0 Å². The Morgan fingerprint density at radius 2 is 1.67 bits per heavy atom. The number of halogens is 3. The van der Waals surface area contributed by atoms with Crippen LogP contribution in [0.2, 0.25) is 15.6 Å². The zero-order valence-corrected chi connectivity index (χ0v) is 12.1. The van der Waals surface area contributed by atoms with Gasteiger partial charge in [0.2, 0.25) is 5.28 Å². The summed E-state index contributed by atoms with van der Waals surface area (Å²) < 4.78 is 5.30. The molecule has 0 aromatic carbocycles. The van der Waals surface area contributed by atoms with E-state index in [9.17, 15) is 0 Å². The van der Waals surface area contributed by atoms with Gasteiger partial charge in [-0.1, -0.05) is 23.2 Å². The van der Waals surface area contributed by atoms with E-state index in [0.717, 1.165) is 51.3 Å². The molecule has 4 nitrogen and oxygen atoms in total. The molecule has 0 amide bonds. The van der Waals surface area contributed by atoms with Crippen LogP contribution in [0.4, 0.5) is 0 Å². The first kappa shape index (κ1) is 14.3. The largest absolute Gasteiger partial charge is 0.379 e. The molecule has 18 heavy (non-hydrogen) atoms. The second-order valence-electron chi connectivity index (χ2n) is 4.11. The molecule has 2 heterocycles. The van der Waals surface area contributed by atoms with E-state index < -0.39 is 0 Å². The molecule has 0 aliphatic carbocycles. The van der Waals surface area contributed by atoms with Crippen molar-refractivity contribution < 1.29 is 4.74 Å². The van der Waals surface area contributed by atoms with Crippen molar-refractivity contribution in [3.63, 3.8) is 0 Å². The standard InChI is InChI=1S/C11H14Cl3N3O/c12-9-8(10(13)16-11(14)15-9)2-1-3-17-4-6-18-7-5-17/h1-7H2. The predicted octanol–water partition coefficient (Wildman–Crippen LogP) is 2.70. The second kappa shape index (κ2) is 6.87. The lowest BCUT2D eigenvalue weighted by molar-refractivity contribution is 0.0374. The van der Waals surface area contributed by atoms with Gasteiger partial charge in [0.05, 0.1) is 13.2 Å². The van der Waals surface area contributed by atoms with Gasteiger partial charge in [-0.2, -0.15) is 0 Å². The third kappa shape index (κ3) is 3.93. The van der Waals surface area contributed by atoms with Gasteiger partial charge in [0.15, 0.2) is 0 Å². The van der Waals surface area contributed by atoms with Crippen LogP contribution in [0.5, 0.6) is 0 Å². The molecule has 0 N–H and O–H groups in total. The first-order valence-corrected chi connectivity index (χ1v) is 6.97. The van der Waals surface area contributed by atoms with E-state index in [-0.39, 0.29) is 5.28 Å². The van der Waals surface area contributed by atoms with Crippen molar-refractivity contribution in [1.29, 1.82) is 0 Å². The average molecular weight is 311 g/mol. The molecule has 1 aromatic rings. The Kier molecular flexibility index (Phi) is 5.45. The Balaban J connectivity index is 1.86. The van der Waals surface area contributed by atoms with Crippen molar-refractivity contribution in [3.05, 3.63) is 21.2 Å². The normalized spacial score (nSPS) is 17.1. The summed E-state index contributed by atoms with van der Waals surface area (Å²) in [6.07, 6.45) is 1.72. The molecule has 1 aliphatic rings. The van der Waals surface area contributed by atoms with Crippen LogP contribution in [-0.2, 0) is 11.2 Å². The van der Waals surface area contributed by atoms with E-state index in [1.807, 2.05) is 0 Å². The van der Waals surface area contributed by atoms with Crippen LogP contribution in [0.1, 0.15) is 12.0 Å². The van der Waals surface area contributed by atoms with Crippen LogP contribution in [0.3, 0.4) is 0 Å². The topological polar surface area (TPSA) is 38.2 Å². The fraction of sp³-hybridized carbons (Fsp3) is 0.636. The van der Waals surface area contributed by atoms with Gasteiger partial charge in [0.25, 0.3) is 0 Å². The lowest BCUT2D eigenvalue weighted by Crippen LogP contribution is -2.36. The molecule has 1 saturated heterocycles. The highest BCUT2D eigenvalue weighted by atomic mass is 35.5. The van der Waals surface area contributed by atoms with Crippen molar-refractivity contribution in [2.75, 3.05) is 32.8 Å². The van der Waals surface area contributed by atoms with Gasteiger partial charge in [0, 0.05) is 18.7 Å². The molecule has 7 heteroatoms. The molecule has 0 unspecified atom stereocenters. The molecule has 0 bridgehead atoms. The first-order valence-electron chi connectivity index (χ1n) is 5.84. The summed E-state index contributed by atoms with van der Waals surface area (Å²) in [4.78, 5) is 10.2. The van der Waals surface area contributed by atoms with Crippen LogP contribution < -0.4 is 0 Å². The highest BCUT2D eigenvalue weighted by Crippen LogP contribution is 2.24. The summed E-state index contributed by atoms with van der Waals surface area (Å²) >= 11 is 17.7. The molecule has 1 aliphatic heterocycles. The zero-order chi connectivity index (χ0) is 13.0. The maximum atomic E-state index is 6.00. The van der Waals surface area contributed by atoms with Crippen LogP contribution in [0.25, 0.3) is 0 Å². The number of rotatable bonds is 4. The van der Waals surface area contributed by atoms with Crippen molar-refractivity contribution >= 4 is 34.8 Å². The molecule has 1 fully saturated rings. The van der Waals surface area contributed by atoms with Gasteiger partial charge >= 0.3 is 0 Å². The Hall–Kier alpha value is -0.130. The number of hydrogen-bond acceptors (Lipinski definition) is 4. The van der Waals surface area contributed by atoms with E-state index >= 15 is 0 Å². The number of morpholine rings is 1. The fourth-order valence-corrected chi connectivity index (χ4v) is 2.75. The summed E-state index contributed by atoms with van der Waals surface area (Å²) in [6.45, 7) is 4.59. The van der Waals surface area contributed by atoms with Crippen molar-refractivity contribution in [1.82, 2.24) is 14.9 Å². The Morgan fingerprint density at radius 1 is 1.06 bits per heavy atom. The minimum atomic E-state index is 0.0851. The molecule has 0 spiro atoms. The number of aromatic nitrogens is 2. The van der Waals surface area contributed by atoms with Crippen LogP contribution in [0.15, 0.2) is 0 Å². The second-order valence-corrected chi connectivity index (χ2v) is 5.16. The van der Waals surface area contributed by atoms with E-state index in [0.29, 0.717) is 10.3 Å². The van der Waals surface area contributed by atoms with Gasteiger partial charge in [0.1, 0.15) is 10.3 Å². The van der Waals surface area contributed by atoms with Crippen molar-refractivity contribution in [3.8, 4) is 0 Å². The van der Waals surface area contributed by atoms with E-state index in [2.05, 4.69) is 14.9 Å². The molecule has 100 valence electrons. The van der Waals surface area contributed by atoms with Crippen molar-refractivity contribution in [2.24, 2.45) is 0 Å². The van der Waals surface area contributed by atoms with Crippen LogP contribution in [-0.4, -0.2) is 47.7 Å².